The number of para-hydroxylation sites is 2. The highest BCUT2D eigenvalue weighted by molar-refractivity contribution is 5.84. The van der Waals surface area contributed by atoms with Crippen LogP contribution >= 0.6 is 0 Å². The third-order valence-electron chi connectivity index (χ3n) is 5.64. The second kappa shape index (κ2) is 9.28. The Kier molecular flexibility index (Phi) is 6.27. The van der Waals surface area contributed by atoms with E-state index in [4.69, 9.17) is 14.5 Å². The summed E-state index contributed by atoms with van der Waals surface area (Å²) in [5, 5.41) is 5.08. The smallest absolute Gasteiger partial charge is 0.282 e. The van der Waals surface area contributed by atoms with Gasteiger partial charge in [0.2, 0.25) is 0 Å². The Morgan fingerprint density at radius 3 is 2.39 bits per heavy atom. The van der Waals surface area contributed by atoms with Gasteiger partial charge in [0, 0.05) is 11.1 Å². The van der Waals surface area contributed by atoms with Gasteiger partial charge >= 0.3 is 0 Å². The lowest BCUT2D eigenvalue weighted by Gasteiger charge is -2.17. The minimum absolute atomic E-state index is 0.233. The molecule has 0 N–H and O–H groups in total. The van der Waals surface area contributed by atoms with Crippen LogP contribution in [0.4, 0.5) is 0 Å². The van der Waals surface area contributed by atoms with Crippen LogP contribution in [0.1, 0.15) is 36.5 Å². The summed E-state index contributed by atoms with van der Waals surface area (Å²) in [5.41, 5.74) is 3.98. The van der Waals surface area contributed by atoms with Gasteiger partial charge in [-0.3, -0.25) is 4.79 Å². The van der Waals surface area contributed by atoms with Gasteiger partial charge in [0.25, 0.3) is 5.56 Å². The van der Waals surface area contributed by atoms with E-state index in [1.54, 1.807) is 26.5 Å². The number of ether oxygens (including phenoxy) is 2. The van der Waals surface area contributed by atoms with Gasteiger partial charge in [-0.05, 0) is 60.4 Å². The Morgan fingerprint density at radius 1 is 0.970 bits per heavy atom. The fourth-order valence-electron chi connectivity index (χ4n) is 3.87. The van der Waals surface area contributed by atoms with E-state index < -0.39 is 0 Å². The van der Waals surface area contributed by atoms with Crippen molar-refractivity contribution in [3.05, 3.63) is 87.7 Å². The largest absolute Gasteiger partial charge is 0.496 e. The van der Waals surface area contributed by atoms with E-state index in [0.29, 0.717) is 22.5 Å². The Morgan fingerprint density at radius 2 is 1.67 bits per heavy atom. The lowest BCUT2D eigenvalue weighted by Crippen LogP contribution is -2.21. The summed E-state index contributed by atoms with van der Waals surface area (Å²) in [6, 6.07) is 18.9. The van der Waals surface area contributed by atoms with E-state index in [2.05, 4.69) is 18.9 Å². The zero-order valence-electron chi connectivity index (χ0n) is 19.5. The van der Waals surface area contributed by atoms with Crippen molar-refractivity contribution in [1.29, 1.82) is 0 Å². The quantitative estimate of drug-likeness (QED) is 0.376. The average molecular weight is 442 g/mol. The molecule has 0 amide bonds. The van der Waals surface area contributed by atoms with Crippen molar-refractivity contribution in [3.63, 3.8) is 0 Å². The van der Waals surface area contributed by atoms with Crippen LogP contribution in [-0.4, -0.2) is 30.1 Å². The second-order valence-corrected chi connectivity index (χ2v) is 8.12. The molecule has 0 bridgehead atoms. The van der Waals surface area contributed by atoms with E-state index in [9.17, 15) is 4.79 Å². The molecule has 6 nitrogen and oxygen atoms in total. The van der Waals surface area contributed by atoms with Crippen molar-refractivity contribution in [3.8, 4) is 22.9 Å². The molecule has 33 heavy (non-hydrogen) atoms. The third-order valence-corrected chi connectivity index (χ3v) is 5.64. The van der Waals surface area contributed by atoms with Crippen LogP contribution in [0.2, 0.25) is 0 Å². The van der Waals surface area contributed by atoms with Crippen molar-refractivity contribution < 1.29 is 9.47 Å². The molecular formula is C27H27N3O3. The zero-order valence-corrected chi connectivity index (χ0v) is 19.5. The first-order valence-corrected chi connectivity index (χ1v) is 10.8. The maximum atomic E-state index is 13.5. The van der Waals surface area contributed by atoms with Gasteiger partial charge in [-0.2, -0.15) is 9.78 Å². The van der Waals surface area contributed by atoms with Crippen LogP contribution in [0.25, 0.3) is 22.3 Å². The summed E-state index contributed by atoms with van der Waals surface area (Å²) < 4.78 is 12.4. The zero-order chi connectivity index (χ0) is 23.5. The van der Waals surface area contributed by atoms with Crippen molar-refractivity contribution in [2.45, 2.75) is 26.7 Å². The van der Waals surface area contributed by atoms with Crippen LogP contribution in [-0.2, 0) is 0 Å². The van der Waals surface area contributed by atoms with Crippen LogP contribution in [0.5, 0.6) is 11.5 Å². The standard InChI is InChI=1S/C27H27N3O3/c1-17(2)21-15-22(18(3)14-25(21)33-5)26-29-23-12-8-7-11-20(23)27(31)30(26)28-16-19-10-6-9-13-24(19)32-4/h6-17H,1-5H3. The van der Waals surface area contributed by atoms with Crippen LogP contribution < -0.4 is 15.0 Å². The van der Waals surface area contributed by atoms with Gasteiger partial charge in [-0.1, -0.05) is 38.1 Å². The summed E-state index contributed by atoms with van der Waals surface area (Å²) in [6.45, 7) is 6.20. The van der Waals surface area contributed by atoms with Gasteiger partial charge in [0.05, 0.1) is 31.3 Å². The molecule has 1 aromatic heterocycles. The average Bonchev–Trinajstić information content (AvgIpc) is 2.83. The molecule has 6 heteroatoms. The monoisotopic (exact) mass is 441 g/mol. The molecule has 0 fully saturated rings. The highest BCUT2D eigenvalue weighted by Gasteiger charge is 2.18. The number of hydrogen-bond acceptors (Lipinski definition) is 5. The van der Waals surface area contributed by atoms with E-state index >= 15 is 0 Å². The van der Waals surface area contributed by atoms with Crippen molar-refractivity contribution >= 4 is 17.1 Å². The third kappa shape index (κ3) is 4.24. The normalized spacial score (nSPS) is 11.5. The Labute approximate surface area is 193 Å². The number of hydrogen-bond donors (Lipinski definition) is 0. The second-order valence-electron chi connectivity index (χ2n) is 8.12. The molecule has 1 heterocycles. The first-order chi connectivity index (χ1) is 15.9. The number of rotatable bonds is 6. The molecule has 0 aliphatic carbocycles. The molecule has 4 aromatic rings. The van der Waals surface area contributed by atoms with E-state index in [1.165, 1.54) is 4.68 Å². The van der Waals surface area contributed by atoms with E-state index in [0.717, 1.165) is 28.0 Å². The molecule has 0 saturated heterocycles. The number of methoxy groups -OCH3 is 2. The van der Waals surface area contributed by atoms with Crippen molar-refractivity contribution in [2.75, 3.05) is 14.2 Å². The van der Waals surface area contributed by atoms with E-state index in [1.807, 2.05) is 61.5 Å². The maximum Gasteiger partial charge on any atom is 0.282 e. The Bertz CT molecular complexity index is 1400. The topological polar surface area (TPSA) is 65.7 Å². The molecule has 0 saturated carbocycles. The number of aryl methyl sites for hydroxylation is 1. The van der Waals surface area contributed by atoms with Crippen molar-refractivity contribution in [2.24, 2.45) is 5.10 Å². The van der Waals surface area contributed by atoms with Gasteiger partial charge in [-0.25, -0.2) is 4.98 Å². The lowest BCUT2D eigenvalue weighted by molar-refractivity contribution is 0.407. The Hall–Kier alpha value is -3.93. The predicted molar refractivity (Wildman–Crippen MR) is 133 cm³/mol. The molecular weight excluding hydrogens is 414 g/mol. The van der Waals surface area contributed by atoms with Crippen LogP contribution in [0.15, 0.2) is 70.6 Å². The van der Waals surface area contributed by atoms with Gasteiger partial charge < -0.3 is 9.47 Å². The van der Waals surface area contributed by atoms with Crippen LogP contribution in [0, 0.1) is 6.92 Å². The minimum Gasteiger partial charge on any atom is -0.496 e. The molecule has 0 aliphatic rings. The molecule has 168 valence electrons. The molecule has 3 aromatic carbocycles. The maximum absolute atomic E-state index is 13.5. The number of fused-ring (bicyclic) bond motifs is 1. The fraction of sp³-hybridized carbons (Fsp3) is 0.222. The summed E-state index contributed by atoms with van der Waals surface area (Å²) in [5.74, 6) is 2.20. The molecule has 0 unspecified atom stereocenters. The summed E-state index contributed by atoms with van der Waals surface area (Å²) in [7, 11) is 3.28. The number of aromatic nitrogens is 2. The van der Waals surface area contributed by atoms with Gasteiger partial charge in [0.15, 0.2) is 5.82 Å². The highest BCUT2D eigenvalue weighted by Crippen LogP contribution is 2.34. The SMILES string of the molecule is COc1ccccc1C=Nn1c(-c2cc(C(C)C)c(OC)cc2C)nc2ccccc2c1=O. The minimum atomic E-state index is -0.233. The summed E-state index contributed by atoms with van der Waals surface area (Å²) in [6.07, 6.45) is 1.63. The number of benzene rings is 3. The van der Waals surface area contributed by atoms with E-state index in [-0.39, 0.29) is 11.5 Å². The van der Waals surface area contributed by atoms with Crippen molar-refractivity contribution in [1.82, 2.24) is 9.66 Å². The molecule has 0 aliphatic heterocycles. The number of nitrogens with zero attached hydrogens (tertiary/aromatic N) is 3. The predicted octanol–water partition coefficient (Wildman–Crippen LogP) is 5.39. The molecule has 0 atom stereocenters. The molecule has 4 rings (SSSR count). The Balaban J connectivity index is 2.00. The molecule has 0 spiro atoms. The van der Waals surface area contributed by atoms with Gasteiger partial charge in [0.1, 0.15) is 11.5 Å². The first-order valence-electron chi connectivity index (χ1n) is 10.8. The van der Waals surface area contributed by atoms with Gasteiger partial charge in [-0.15, -0.1) is 0 Å². The first kappa shape index (κ1) is 22.3. The summed E-state index contributed by atoms with van der Waals surface area (Å²) in [4.78, 5) is 18.4. The lowest BCUT2D eigenvalue weighted by atomic mass is 9.96. The fourth-order valence-corrected chi connectivity index (χ4v) is 3.87. The molecule has 0 radical (unpaired) electrons. The highest BCUT2D eigenvalue weighted by atomic mass is 16.5. The summed E-state index contributed by atoms with van der Waals surface area (Å²) >= 11 is 0. The van der Waals surface area contributed by atoms with Crippen LogP contribution in [0.3, 0.4) is 0 Å².